The molecule has 0 spiro atoms. The lowest BCUT2D eigenvalue weighted by molar-refractivity contribution is -0.130. The molecule has 2 aliphatic rings. The van der Waals surface area contributed by atoms with Crippen molar-refractivity contribution < 1.29 is 26.4 Å². The maximum absolute atomic E-state index is 12.9. The highest BCUT2D eigenvalue weighted by atomic mass is 32.2. The number of hydrogen-bond donors (Lipinski definition) is 1. The van der Waals surface area contributed by atoms with E-state index < -0.39 is 38.0 Å². The summed E-state index contributed by atoms with van der Waals surface area (Å²) in [6.07, 6.45) is 2.05. The van der Waals surface area contributed by atoms with Crippen LogP contribution in [-0.4, -0.2) is 92.7 Å². The molecule has 1 N–H and O–H groups in total. The quantitative estimate of drug-likeness (QED) is 0.506. The molecule has 29 heavy (non-hydrogen) atoms. The Morgan fingerprint density at radius 2 is 2.10 bits per heavy atom. The largest absolute Gasteiger partial charge is 0.385 e. The molecule has 3 rings (SSSR count). The summed E-state index contributed by atoms with van der Waals surface area (Å²) in [4.78, 5) is 18.7. The van der Waals surface area contributed by atoms with Crippen molar-refractivity contribution in [2.45, 2.75) is 36.9 Å². The first-order valence-corrected chi connectivity index (χ1v) is 12.4. The highest BCUT2D eigenvalue weighted by Crippen LogP contribution is 2.26. The lowest BCUT2D eigenvalue weighted by Crippen LogP contribution is -2.44. The van der Waals surface area contributed by atoms with Gasteiger partial charge in [-0.05, 0) is 19.8 Å². The third kappa shape index (κ3) is 4.63. The summed E-state index contributed by atoms with van der Waals surface area (Å²) < 4.78 is 60.3. The second-order valence-corrected chi connectivity index (χ2v) is 11.0. The summed E-state index contributed by atoms with van der Waals surface area (Å²) in [6, 6.07) is -1.18. The second kappa shape index (κ2) is 8.30. The van der Waals surface area contributed by atoms with Gasteiger partial charge >= 0.3 is 0 Å². The van der Waals surface area contributed by atoms with Crippen molar-refractivity contribution in [3.05, 3.63) is 12.0 Å². The van der Waals surface area contributed by atoms with Crippen molar-refractivity contribution in [3.63, 3.8) is 0 Å². The van der Waals surface area contributed by atoms with E-state index in [-0.39, 0.29) is 36.8 Å². The summed E-state index contributed by atoms with van der Waals surface area (Å²) in [5, 5.41) is -0.0744. The zero-order valence-electron chi connectivity index (χ0n) is 16.7. The maximum Gasteiger partial charge on any atom is 0.259 e. The highest BCUT2D eigenvalue weighted by molar-refractivity contribution is 7.89. The Bertz CT molecular complexity index is 954. The summed E-state index contributed by atoms with van der Waals surface area (Å²) in [5.41, 5.74) is 0. The number of amides is 1. The lowest BCUT2D eigenvalue weighted by Gasteiger charge is -2.23. The van der Waals surface area contributed by atoms with E-state index in [1.165, 1.54) is 13.3 Å². The normalized spacial score (nSPS) is 25.2. The molecule has 0 bridgehead atoms. The molecule has 1 aromatic rings. The number of nitrogens with zero attached hydrogens (tertiary/aromatic N) is 4. The van der Waals surface area contributed by atoms with E-state index >= 15 is 0 Å². The van der Waals surface area contributed by atoms with Gasteiger partial charge in [0.1, 0.15) is 5.82 Å². The molecule has 11 nitrogen and oxygen atoms in total. The zero-order valence-corrected chi connectivity index (χ0v) is 18.4. The van der Waals surface area contributed by atoms with Gasteiger partial charge in [0.2, 0.25) is 10.0 Å². The number of fused-ring (bicyclic) bond motifs is 1. The third-order valence-electron chi connectivity index (χ3n) is 5.30. The lowest BCUT2D eigenvalue weighted by atomic mass is 10.1. The maximum atomic E-state index is 12.9. The van der Waals surface area contributed by atoms with Crippen molar-refractivity contribution >= 4 is 26.0 Å². The zero-order chi connectivity index (χ0) is 21.4. The second-order valence-electron chi connectivity index (χ2n) is 7.37. The van der Waals surface area contributed by atoms with Crippen LogP contribution in [0, 0.1) is 6.92 Å². The van der Waals surface area contributed by atoms with E-state index in [1.807, 2.05) is 0 Å². The Balaban J connectivity index is 1.73. The van der Waals surface area contributed by atoms with Crippen LogP contribution in [0.1, 0.15) is 18.7 Å². The summed E-state index contributed by atoms with van der Waals surface area (Å²) in [5.74, 6) is -0.118. The molecule has 13 heteroatoms. The van der Waals surface area contributed by atoms with Crippen LogP contribution in [0.5, 0.6) is 0 Å². The van der Waals surface area contributed by atoms with Gasteiger partial charge in [-0.1, -0.05) is 0 Å². The minimum Gasteiger partial charge on any atom is -0.385 e. The van der Waals surface area contributed by atoms with Crippen molar-refractivity contribution in [1.29, 1.82) is 0 Å². The number of aromatic nitrogens is 2. The molecule has 164 valence electrons. The van der Waals surface area contributed by atoms with E-state index in [0.29, 0.717) is 18.9 Å². The molecule has 0 unspecified atom stereocenters. The highest BCUT2D eigenvalue weighted by Gasteiger charge is 2.45. The number of carbonyl (C=O) groups excluding carboxylic acids is 1. The van der Waals surface area contributed by atoms with Crippen molar-refractivity contribution in [2.24, 2.45) is 7.05 Å². The van der Waals surface area contributed by atoms with E-state index in [4.69, 9.17) is 4.74 Å². The standard InChI is InChI=1S/C16H27N5O6S2/c1-12-17-15(11-19(12)2)29(25,26)18-13-9-14-16(22)21(5-4-7-27-3)28(23,24)8-6-20(14)10-13/h11,13-14,18H,4-10H2,1-3H3/t13-,14-/m0/s1. The molecule has 2 atom stereocenters. The minimum absolute atomic E-state index is 0.0585. The smallest absolute Gasteiger partial charge is 0.259 e. The summed E-state index contributed by atoms with van der Waals surface area (Å²) in [6.45, 7) is 2.56. The van der Waals surface area contributed by atoms with E-state index in [2.05, 4.69) is 9.71 Å². The number of methoxy groups -OCH3 is 1. The van der Waals surface area contributed by atoms with Gasteiger partial charge in [-0.25, -0.2) is 30.8 Å². The van der Waals surface area contributed by atoms with E-state index in [1.54, 1.807) is 23.4 Å². The van der Waals surface area contributed by atoms with Gasteiger partial charge in [-0.15, -0.1) is 0 Å². The molecule has 0 aliphatic carbocycles. The van der Waals surface area contributed by atoms with Gasteiger partial charge in [-0.2, -0.15) is 0 Å². The van der Waals surface area contributed by atoms with Gasteiger partial charge in [0.05, 0.1) is 11.8 Å². The first-order valence-electron chi connectivity index (χ1n) is 9.34. The Labute approximate surface area is 171 Å². The Morgan fingerprint density at radius 3 is 2.72 bits per heavy atom. The molecule has 1 amide bonds. The SMILES string of the molecule is COCCCN1C(=O)[C@@H]2C[C@H](NS(=O)(=O)c3cn(C)c(C)n3)CN2CCS1(=O)=O. The van der Waals surface area contributed by atoms with Crippen LogP contribution >= 0.6 is 0 Å². The summed E-state index contributed by atoms with van der Waals surface area (Å²) >= 11 is 0. The molecular weight excluding hydrogens is 422 g/mol. The first kappa shape index (κ1) is 22.2. The van der Waals surface area contributed by atoms with Gasteiger partial charge in [0, 0.05) is 52.6 Å². The van der Waals surface area contributed by atoms with Gasteiger partial charge in [0.25, 0.3) is 15.9 Å². The number of carbonyl (C=O) groups is 1. The van der Waals surface area contributed by atoms with Crippen molar-refractivity contribution in [3.8, 4) is 0 Å². The van der Waals surface area contributed by atoms with Gasteiger partial charge < -0.3 is 9.30 Å². The number of nitrogens with one attached hydrogen (secondary N) is 1. The molecule has 2 fully saturated rings. The average molecular weight is 450 g/mol. The minimum atomic E-state index is -3.84. The van der Waals surface area contributed by atoms with Crippen LogP contribution in [0.25, 0.3) is 0 Å². The number of aryl methyl sites for hydroxylation is 2. The van der Waals surface area contributed by atoms with Crippen LogP contribution in [0.4, 0.5) is 0 Å². The Kier molecular flexibility index (Phi) is 6.34. The molecule has 0 saturated carbocycles. The predicted octanol–water partition coefficient (Wildman–Crippen LogP) is -1.34. The first-order chi connectivity index (χ1) is 13.5. The topological polar surface area (TPSA) is 131 Å². The number of rotatable bonds is 7. The molecular formula is C16H27N5O6S2. The van der Waals surface area contributed by atoms with Crippen LogP contribution in [-0.2, 0) is 36.6 Å². The van der Waals surface area contributed by atoms with Crippen molar-refractivity contribution in [1.82, 2.24) is 23.5 Å². The monoisotopic (exact) mass is 449 g/mol. The Hall–Kier alpha value is -1.54. The van der Waals surface area contributed by atoms with Crippen LogP contribution in [0.2, 0.25) is 0 Å². The third-order valence-corrected chi connectivity index (χ3v) is 8.42. The molecule has 0 aromatic carbocycles. The number of ether oxygens (including phenoxy) is 1. The van der Waals surface area contributed by atoms with E-state index in [0.717, 1.165) is 4.31 Å². The molecule has 2 saturated heterocycles. The number of hydrogen-bond acceptors (Lipinski definition) is 8. The molecule has 1 aromatic heterocycles. The van der Waals surface area contributed by atoms with Crippen molar-refractivity contribution in [2.75, 3.05) is 39.1 Å². The van der Waals surface area contributed by atoms with Crippen LogP contribution in [0.3, 0.4) is 0 Å². The predicted molar refractivity (Wildman–Crippen MR) is 104 cm³/mol. The van der Waals surface area contributed by atoms with Gasteiger partial charge in [-0.3, -0.25) is 9.69 Å². The average Bonchev–Trinajstić information content (AvgIpc) is 3.17. The van der Waals surface area contributed by atoms with Crippen LogP contribution < -0.4 is 4.72 Å². The van der Waals surface area contributed by atoms with Gasteiger partial charge in [0.15, 0.2) is 5.03 Å². The number of imidazole rings is 1. The summed E-state index contributed by atoms with van der Waals surface area (Å²) in [7, 11) is -4.31. The molecule has 2 aliphatic heterocycles. The van der Waals surface area contributed by atoms with Crippen LogP contribution in [0.15, 0.2) is 11.2 Å². The molecule has 3 heterocycles. The molecule has 0 radical (unpaired) electrons. The fourth-order valence-corrected chi connectivity index (χ4v) is 6.44. The Morgan fingerprint density at radius 1 is 1.38 bits per heavy atom. The number of sulfonamides is 2. The fraction of sp³-hybridized carbons (Fsp3) is 0.750. The fourth-order valence-electron chi connectivity index (χ4n) is 3.68. The van der Waals surface area contributed by atoms with E-state index in [9.17, 15) is 21.6 Å².